The monoisotopic (exact) mass is 269 g/mol. The first-order valence-corrected chi connectivity index (χ1v) is 10.5. The molecule has 0 aliphatic carbocycles. The van der Waals surface area contributed by atoms with Crippen molar-refractivity contribution in [2.24, 2.45) is 0 Å². The van der Waals surface area contributed by atoms with Gasteiger partial charge in [-0.3, -0.25) is 0 Å². The molecule has 1 aliphatic rings. The summed E-state index contributed by atoms with van der Waals surface area (Å²) in [7, 11) is -2.48. The summed E-state index contributed by atoms with van der Waals surface area (Å²) in [5, 5.41) is 0. The van der Waals surface area contributed by atoms with Gasteiger partial charge in [-0.05, 0) is 38.7 Å². The molecule has 0 bridgehead atoms. The molecule has 5 heteroatoms. The third kappa shape index (κ3) is 3.29. The van der Waals surface area contributed by atoms with Crippen LogP contribution in [0.1, 0.15) is 6.92 Å². The maximum atomic E-state index is 6.14. The van der Waals surface area contributed by atoms with Crippen molar-refractivity contribution in [3.05, 3.63) is 30.3 Å². The minimum Gasteiger partial charge on any atom is -0.360 e. The van der Waals surface area contributed by atoms with E-state index in [9.17, 15) is 0 Å². The predicted molar refractivity (Wildman–Crippen MR) is 75.7 cm³/mol. The summed E-state index contributed by atoms with van der Waals surface area (Å²) in [6, 6.07) is 10.8. The van der Waals surface area contributed by atoms with Gasteiger partial charge in [0, 0.05) is 5.69 Å². The lowest BCUT2D eigenvalue weighted by Crippen LogP contribution is -2.29. The number of anilines is 1. The van der Waals surface area contributed by atoms with E-state index in [0.717, 1.165) is 6.61 Å². The Morgan fingerprint density at radius 3 is 2.53 bits per heavy atom. The predicted octanol–water partition coefficient (Wildman–Crippen LogP) is 3.99. The number of para-hydroxylation sites is 1. The smallest absolute Gasteiger partial charge is 0.279 e. The highest BCUT2D eigenvalue weighted by Gasteiger charge is 2.37. The molecule has 2 unspecified atom stereocenters. The van der Waals surface area contributed by atoms with E-state index in [2.05, 4.69) is 55.5 Å². The lowest BCUT2D eigenvalue weighted by atomic mass is 10.3. The van der Waals surface area contributed by atoms with Crippen LogP contribution in [0.5, 0.6) is 0 Å². The van der Waals surface area contributed by atoms with Crippen molar-refractivity contribution in [3.8, 4) is 0 Å². The van der Waals surface area contributed by atoms with E-state index < -0.39 is 16.8 Å². The van der Waals surface area contributed by atoms with E-state index in [-0.39, 0.29) is 0 Å². The summed E-state index contributed by atoms with van der Waals surface area (Å²) in [6.45, 7) is 9.54. The Labute approximate surface area is 106 Å². The van der Waals surface area contributed by atoms with E-state index in [1.807, 2.05) is 6.07 Å². The van der Waals surface area contributed by atoms with Crippen LogP contribution in [0, 0.1) is 0 Å². The molecular weight excluding hydrogens is 249 g/mol. The van der Waals surface area contributed by atoms with Crippen molar-refractivity contribution in [1.29, 1.82) is 0 Å². The van der Waals surface area contributed by atoms with Gasteiger partial charge in [0.2, 0.25) is 0 Å². The molecule has 0 aromatic heterocycles. The maximum absolute atomic E-state index is 6.14. The van der Waals surface area contributed by atoms with E-state index in [1.54, 1.807) is 0 Å². The molecule has 1 aromatic rings. The van der Waals surface area contributed by atoms with Crippen LogP contribution in [-0.2, 0) is 8.74 Å². The number of nitrogens with zero attached hydrogens (tertiary/aromatic N) is 1. The first-order valence-electron chi connectivity index (χ1n) is 5.94. The van der Waals surface area contributed by atoms with Crippen LogP contribution < -0.4 is 4.67 Å². The topological polar surface area (TPSA) is 21.7 Å². The maximum Gasteiger partial charge on any atom is 0.279 e. The zero-order valence-corrected chi connectivity index (χ0v) is 12.8. The van der Waals surface area contributed by atoms with Crippen LogP contribution in [0.2, 0.25) is 19.6 Å². The molecule has 0 spiro atoms. The van der Waals surface area contributed by atoms with Crippen LogP contribution in [0.15, 0.2) is 30.3 Å². The molecule has 0 radical (unpaired) electrons. The van der Waals surface area contributed by atoms with Crippen LogP contribution in [0.25, 0.3) is 0 Å². The summed E-state index contributed by atoms with van der Waals surface area (Å²) in [4.78, 5) is 0. The molecule has 0 amide bonds. The van der Waals surface area contributed by atoms with Crippen molar-refractivity contribution in [2.75, 3.05) is 11.3 Å². The SMILES string of the molecule is CC1COP(O[Si](C)(C)C)N1c1ccccc1. The molecule has 1 aliphatic heterocycles. The third-order valence-corrected chi connectivity index (χ3v) is 6.55. The van der Waals surface area contributed by atoms with Crippen LogP contribution in [0.4, 0.5) is 5.69 Å². The molecule has 2 atom stereocenters. The van der Waals surface area contributed by atoms with E-state index in [0.29, 0.717) is 6.04 Å². The number of hydrogen-bond donors (Lipinski definition) is 0. The van der Waals surface area contributed by atoms with Gasteiger partial charge in [0.25, 0.3) is 8.53 Å². The molecule has 1 aromatic carbocycles. The number of hydrogen-bond acceptors (Lipinski definition) is 3. The average Bonchev–Trinajstić information content (AvgIpc) is 2.58. The zero-order valence-electron chi connectivity index (χ0n) is 10.9. The highest BCUT2D eigenvalue weighted by atomic mass is 31.2. The van der Waals surface area contributed by atoms with Gasteiger partial charge in [-0.25, -0.2) is 0 Å². The van der Waals surface area contributed by atoms with Crippen molar-refractivity contribution in [2.45, 2.75) is 32.6 Å². The second-order valence-electron chi connectivity index (χ2n) is 5.27. The lowest BCUT2D eigenvalue weighted by Gasteiger charge is -2.30. The summed E-state index contributed by atoms with van der Waals surface area (Å²) >= 11 is 0. The fraction of sp³-hybridized carbons (Fsp3) is 0.500. The summed E-state index contributed by atoms with van der Waals surface area (Å²) in [5.41, 5.74) is 1.20. The molecular formula is C12H20NO2PSi. The third-order valence-electron chi connectivity index (χ3n) is 2.39. The van der Waals surface area contributed by atoms with Crippen molar-refractivity contribution < 1.29 is 8.74 Å². The van der Waals surface area contributed by atoms with E-state index in [1.165, 1.54) is 5.69 Å². The quantitative estimate of drug-likeness (QED) is 0.611. The van der Waals surface area contributed by atoms with Gasteiger partial charge in [-0.1, -0.05) is 18.2 Å². The Bertz CT molecular complexity index is 369. The van der Waals surface area contributed by atoms with E-state index >= 15 is 0 Å². The largest absolute Gasteiger partial charge is 0.360 e. The first kappa shape index (κ1) is 13.0. The first-order chi connectivity index (χ1) is 7.97. The zero-order chi connectivity index (χ0) is 12.5. The minimum atomic E-state index is -1.56. The molecule has 94 valence electrons. The summed E-state index contributed by atoms with van der Waals surface area (Å²) in [6.07, 6.45) is 0. The molecule has 3 nitrogen and oxygen atoms in total. The van der Waals surface area contributed by atoms with Gasteiger partial charge in [0.15, 0.2) is 8.32 Å². The Kier molecular flexibility index (Phi) is 3.88. The van der Waals surface area contributed by atoms with Gasteiger partial charge in [-0.15, -0.1) is 0 Å². The summed E-state index contributed by atoms with van der Waals surface area (Å²) in [5.74, 6) is 0. The molecule has 17 heavy (non-hydrogen) atoms. The Balaban J connectivity index is 2.18. The molecule has 0 N–H and O–H groups in total. The lowest BCUT2D eigenvalue weighted by molar-refractivity contribution is 0.339. The second kappa shape index (κ2) is 5.07. The minimum absolute atomic E-state index is 0.389. The van der Waals surface area contributed by atoms with Gasteiger partial charge in [-0.2, -0.15) is 0 Å². The number of rotatable bonds is 3. The van der Waals surface area contributed by atoms with Gasteiger partial charge in [0.1, 0.15) is 0 Å². The normalized spacial score (nSPS) is 25.3. The Hall–Kier alpha value is -0.413. The average molecular weight is 269 g/mol. The van der Waals surface area contributed by atoms with Crippen molar-refractivity contribution in [1.82, 2.24) is 0 Å². The molecule has 1 fully saturated rings. The fourth-order valence-electron chi connectivity index (χ4n) is 1.70. The Morgan fingerprint density at radius 1 is 1.29 bits per heavy atom. The van der Waals surface area contributed by atoms with Gasteiger partial charge < -0.3 is 13.4 Å². The second-order valence-corrected chi connectivity index (χ2v) is 11.4. The summed E-state index contributed by atoms with van der Waals surface area (Å²) < 4.78 is 14.2. The highest BCUT2D eigenvalue weighted by molar-refractivity contribution is 7.51. The number of benzene rings is 1. The molecule has 1 heterocycles. The van der Waals surface area contributed by atoms with Crippen LogP contribution >= 0.6 is 8.53 Å². The van der Waals surface area contributed by atoms with Crippen LogP contribution in [-0.4, -0.2) is 21.0 Å². The highest BCUT2D eigenvalue weighted by Crippen LogP contribution is 2.53. The Morgan fingerprint density at radius 2 is 1.94 bits per heavy atom. The standard InChI is InChI=1S/C12H20NO2PSi/c1-11-10-14-16(15-17(2,3)4)13(11)12-8-6-5-7-9-12/h5-9,11H,10H2,1-4H3. The molecule has 2 rings (SSSR count). The van der Waals surface area contributed by atoms with Crippen LogP contribution in [0.3, 0.4) is 0 Å². The van der Waals surface area contributed by atoms with Gasteiger partial charge >= 0.3 is 0 Å². The van der Waals surface area contributed by atoms with E-state index in [4.69, 9.17) is 8.74 Å². The fourth-order valence-corrected chi connectivity index (χ4v) is 5.31. The molecule has 1 saturated heterocycles. The van der Waals surface area contributed by atoms with Gasteiger partial charge in [0.05, 0.1) is 12.6 Å². The van der Waals surface area contributed by atoms with Crippen molar-refractivity contribution >= 4 is 22.5 Å². The molecule has 0 saturated carbocycles. The van der Waals surface area contributed by atoms with Crippen molar-refractivity contribution in [3.63, 3.8) is 0 Å².